The fourth-order valence-corrected chi connectivity index (χ4v) is 2.83. The number of nitrogens with two attached hydrogens (primary N) is 1. The van der Waals surface area contributed by atoms with Crippen LogP contribution in [0.25, 0.3) is 0 Å². The molecule has 0 radical (unpaired) electrons. The number of benzene rings is 1. The molecule has 2 unspecified atom stereocenters. The molecule has 1 amide bonds. The summed E-state index contributed by atoms with van der Waals surface area (Å²) in [6.45, 7) is 5.62. The molecule has 19 heavy (non-hydrogen) atoms. The van der Waals surface area contributed by atoms with Gasteiger partial charge in [0.1, 0.15) is 0 Å². The molecule has 1 fully saturated rings. The molecule has 0 aliphatic carbocycles. The van der Waals surface area contributed by atoms with Gasteiger partial charge in [-0.2, -0.15) is 0 Å². The lowest BCUT2D eigenvalue weighted by Gasteiger charge is -2.38. The monoisotopic (exact) mass is 282 g/mol. The summed E-state index contributed by atoms with van der Waals surface area (Å²) in [5, 5.41) is 0. The van der Waals surface area contributed by atoms with Gasteiger partial charge in [0, 0.05) is 13.1 Å². The molecule has 1 aliphatic heterocycles. The van der Waals surface area contributed by atoms with Crippen LogP contribution in [0.15, 0.2) is 30.3 Å². The Bertz CT molecular complexity index is 408. The van der Waals surface area contributed by atoms with Gasteiger partial charge in [-0.25, -0.2) is 0 Å². The van der Waals surface area contributed by atoms with E-state index in [4.69, 9.17) is 5.73 Å². The van der Waals surface area contributed by atoms with Gasteiger partial charge in [0.15, 0.2) is 0 Å². The van der Waals surface area contributed by atoms with Crippen LogP contribution in [0.2, 0.25) is 0 Å². The second kappa shape index (κ2) is 6.92. The Labute approximate surface area is 121 Å². The van der Waals surface area contributed by atoms with Crippen molar-refractivity contribution in [3.8, 4) is 0 Å². The van der Waals surface area contributed by atoms with E-state index in [2.05, 4.69) is 31.2 Å². The Morgan fingerprint density at radius 2 is 2.00 bits per heavy atom. The quantitative estimate of drug-likeness (QED) is 0.905. The van der Waals surface area contributed by atoms with Gasteiger partial charge >= 0.3 is 0 Å². The van der Waals surface area contributed by atoms with Crippen molar-refractivity contribution in [2.75, 3.05) is 13.1 Å². The van der Waals surface area contributed by atoms with Crippen LogP contribution in [-0.2, 0) is 4.79 Å². The predicted octanol–water partition coefficient (Wildman–Crippen LogP) is 2.41. The number of nitrogens with zero attached hydrogens (tertiary/aromatic N) is 1. The average molecular weight is 283 g/mol. The predicted molar refractivity (Wildman–Crippen MR) is 80.4 cm³/mol. The maximum Gasteiger partial charge on any atom is 0.239 e. The highest BCUT2D eigenvalue weighted by molar-refractivity contribution is 5.85. The Hall–Kier alpha value is -1.06. The van der Waals surface area contributed by atoms with E-state index in [1.165, 1.54) is 5.56 Å². The van der Waals surface area contributed by atoms with Crippen LogP contribution in [0.4, 0.5) is 0 Å². The first-order valence-corrected chi connectivity index (χ1v) is 6.69. The number of carbonyl (C=O) groups is 1. The molecule has 1 saturated heterocycles. The van der Waals surface area contributed by atoms with Crippen LogP contribution in [0.3, 0.4) is 0 Å². The van der Waals surface area contributed by atoms with Crippen molar-refractivity contribution in [1.29, 1.82) is 0 Å². The molecule has 0 aromatic heterocycles. The zero-order valence-electron chi connectivity index (χ0n) is 11.6. The van der Waals surface area contributed by atoms with Gasteiger partial charge in [-0.05, 0) is 30.7 Å². The summed E-state index contributed by atoms with van der Waals surface area (Å²) < 4.78 is 0. The number of hydrogen-bond donors (Lipinski definition) is 1. The van der Waals surface area contributed by atoms with Crippen LogP contribution in [-0.4, -0.2) is 29.9 Å². The van der Waals surface area contributed by atoms with Gasteiger partial charge in [-0.3, -0.25) is 4.79 Å². The van der Waals surface area contributed by atoms with Crippen LogP contribution >= 0.6 is 12.4 Å². The zero-order chi connectivity index (χ0) is 13.1. The number of likely N-dealkylation sites (tertiary alicyclic amines) is 1. The maximum atomic E-state index is 11.9. The lowest BCUT2D eigenvalue weighted by molar-refractivity contribution is -0.134. The Morgan fingerprint density at radius 3 is 2.53 bits per heavy atom. The highest BCUT2D eigenvalue weighted by Crippen LogP contribution is 2.32. The van der Waals surface area contributed by atoms with Crippen LogP contribution in [0, 0.1) is 5.92 Å². The molecule has 1 aromatic rings. The average Bonchev–Trinajstić information content (AvgIpc) is 2.38. The minimum atomic E-state index is -0.384. The van der Waals surface area contributed by atoms with Gasteiger partial charge in [-0.15, -0.1) is 12.4 Å². The molecule has 3 nitrogen and oxygen atoms in total. The van der Waals surface area contributed by atoms with Gasteiger partial charge < -0.3 is 10.6 Å². The standard InChI is InChI=1S/C15H22N2O.ClH/c1-11-10-17(15(18)12(2)16)9-8-14(11)13-6-4-3-5-7-13;/h3-7,11-12,14H,8-10,16H2,1-2H3;1H/t11?,12-,14?;/m0./s1. The molecule has 2 N–H and O–H groups in total. The van der Waals surface area contributed by atoms with Crippen molar-refractivity contribution in [3.05, 3.63) is 35.9 Å². The number of carbonyl (C=O) groups excluding carboxylic acids is 1. The summed E-state index contributed by atoms with van der Waals surface area (Å²) in [5.74, 6) is 1.13. The molecule has 3 atom stereocenters. The van der Waals surface area contributed by atoms with Crippen molar-refractivity contribution in [3.63, 3.8) is 0 Å². The summed E-state index contributed by atoms with van der Waals surface area (Å²) in [5.41, 5.74) is 7.05. The van der Waals surface area contributed by atoms with Crippen molar-refractivity contribution in [2.24, 2.45) is 11.7 Å². The molecule has 0 saturated carbocycles. The number of halogens is 1. The molecule has 1 heterocycles. The van der Waals surface area contributed by atoms with E-state index in [0.717, 1.165) is 19.5 Å². The molecule has 0 bridgehead atoms. The van der Waals surface area contributed by atoms with Gasteiger partial charge in [0.2, 0.25) is 5.91 Å². The molecular formula is C15H23ClN2O. The Kier molecular flexibility index (Phi) is 5.83. The summed E-state index contributed by atoms with van der Waals surface area (Å²) in [4.78, 5) is 13.8. The number of piperidine rings is 1. The summed E-state index contributed by atoms with van der Waals surface area (Å²) in [6.07, 6.45) is 1.03. The summed E-state index contributed by atoms with van der Waals surface area (Å²) in [7, 11) is 0. The van der Waals surface area contributed by atoms with E-state index in [1.54, 1.807) is 6.92 Å². The second-order valence-electron chi connectivity index (χ2n) is 5.36. The molecular weight excluding hydrogens is 260 g/mol. The second-order valence-corrected chi connectivity index (χ2v) is 5.36. The molecule has 1 aliphatic rings. The fourth-order valence-electron chi connectivity index (χ4n) is 2.83. The number of amides is 1. The number of rotatable bonds is 2. The van der Waals surface area contributed by atoms with E-state index in [-0.39, 0.29) is 24.4 Å². The minimum absolute atomic E-state index is 0. The first-order chi connectivity index (χ1) is 8.59. The SMILES string of the molecule is CC1CN(C(=O)[C@H](C)N)CCC1c1ccccc1.Cl. The first-order valence-electron chi connectivity index (χ1n) is 6.69. The van der Waals surface area contributed by atoms with Crippen LogP contribution < -0.4 is 5.73 Å². The molecule has 0 spiro atoms. The minimum Gasteiger partial charge on any atom is -0.341 e. The topological polar surface area (TPSA) is 46.3 Å². The first kappa shape index (κ1) is 16.0. The lowest BCUT2D eigenvalue weighted by Crippen LogP contribution is -2.48. The van der Waals surface area contributed by atoms with Crippen LogP contribution in [0.5, 0.6) is 0 Å². The van der Waals surface area contributed by atoms with Crippen molar-refractivity contribution < 1.29 is 4.79 Å². The van der Waals surface area contributed by atoms with E-state index in [9.17, 15) is 4.79 Å². The normalized spacial score (nSPS) is 24.5. The van der Waals surface area contributed by atoms with Crippen molar-refractivity contribution >= 4 is 18.3 Å². The van der Waals surface area contributed by atoms with E-state index < -0.39 is 0 Å². The Morgan fingerprint density at radius 1 is 1.37 bits per heavy atom. The molecule has 2 rings (SSSR count). The molecule has 1 aromatic carbocycles. The smallest absolute Gasteiger partial charge is 0.239 e. The van der Waals surface area contributed by atoms with Crippen LogP contribution in [0.1, 0.15) is 31.7 Å². The third-order valence-corrected chi connectivity index (χ3v) is 3.83. The van der Waals surface area contributed by atoms with Gasteiger partial charge in [-0.1, -0.05) is 37.3 Å². The van der Waals surface area contributed by atoms with Gasteiger partial charge in [0.05, 0.1) is 6.04 Å². The van der Waals surface area contributed by atoms with Crippen molar-refractivity contribution in [2.45, 2.75) is 32.2 Å². The molecule has 106 valence electrons. The Balaban J connectivity index is 0.00000180. The highest BCUT2D eigenvalue weighted by atomic mass is 35.5. The van der Waals surface area contributed by atoms with E-state index in [1.807, 2.05) is 11.0 Å². The number of hydrogen-bond acceptors (Lipinski definition) is 2. The van der Waals surface area contributed by atoms with Gasteiger partial charge in [0.25, 0.3) is 0 Å². The third-order valence-electron chi connectivity index (χ3n) is 3.83. The molecule has 4 heteroatoms. The maximum absolute atomic E-state index is 11.9. The lowest BCUT2D eigenvalue weighted by atomic mass is 9.81. The van der Waals surface area contributed by atoms with E-state index in [0.29, 0.717) is 11.8 Å². The van der Waals surface area contributed by atoms with Crippen molar-refractivity contribution in [1.82, 2.24) is 4.90 Å². The largest absolute Gasteiger partial charge is 0.341 e. The van der Waals surface area contributed by atoms with E-state index >= 15 is 0 Å². The highest BCUT2D eigenvalue weighted by Gasteiger charge is 2.30. The zero-order valence-corrected chi connectivity index (χ0v) is 12.4. The summed E-state index contributed by atoms with van der Waals surface area (Å²) >= 11 is 0. The summed E-state index contributed by atoms with van der Waals surface area (Å²) in [6, 6.07) is 10.2. The fraction of sp³-hybridized carbons (Fsp3) is 0.533. The third kappa shape index (κ3) is 3.71.